The Morgan fingerprint density at radius 3 is 1.74 bits per heavy atom. The fourth-order valence-corrected chi connectivity index (χ4v) is 6.71. The highest BCUT2D eigenvalue weighted by atomic mass is 31.1. The largest absolute Gasteiger partial charge is 0.416 e. The van der Waals surface area contributed by atoms with Gasteiger partial charge in [-0.3, -0.25) is 4.79 Å². The standard InChI is InChI=1S/C31H23F6N4OP/c32-30(33,34)23-15-21(16-24(17-23)31(35,36)37)19-41-20-25(39-40-41)18-38-29(42)22-11-13-28(14-12-22)43(26-7-3-1-4-8-26)27-9-5-2-6-10-27/h1-17,20H,18-19H2,(H,38,42). The SMILES string of the molecule is O=C(NCc1cn(Cc2cc(C(F)(F)F)cc(C(F)(F)F)c2)nn1)c1ccc(P(c2ccccc2)c2ccccc2)cc1. The Labute approximate surface area is 243 Å². The molecule has 0 unspecified atom stereocenters. The average molecular weight is 613 g/mol. The van der Waals surface area contributed by atoms with E-state index in [1.54, 1.807) is 12.1 Å². The van der Waals surface area contributed by atoms with Crippen molar-refractivity contribution < 1.29 is 31.1 Å². The first kappa shape index (κ1) is 30.0. The summed E-state index contributed by atoms with van der Waals surface area (Å²) in [5.74, 6) is -0.377. The van der Waals surface area contributed by atoms with Gasteiger partial charge in [-0.05, 0) is 59.7 Å². The fraction of sp³-hybridized carbons (Fsp3) is 0.129. The minimum Gasteiger partial charge on any atom is -0.346 e. The van der Waals surface area contributed by atoms with Crippen LogP contribution in [0, 0.1) is 0 Å². The summed E-state index contributed by atoms with van der Waals surface area (Å²) in [7, 11) is -0.835. The fourth-order valence-electron chi connectivity index (χ4n) is 4.43. The molecule has 0 aliphatic heterocycles. The molecule has 4 aromatic carbocycles. The van der Waals surface area contributed by atoms with Crippen LogP contribution in [0.1, 0.15) is 32.7 Å². The lowest BCUT2D eigenvalue weighted by Crippen LogP contribution is -2.24. The minimum absolute atomic E-state index is 0.0439. The molecule has 1 aromatic heterocycles. The first-order chi connectivity index (χ1) is 20.5. The van der Waals surface area contributed by atoms with Crippen molar-refractivity contribution in [2.75, 3.05) is 0 Å². The van der Waals surface area contributed by atoms with Gasteiger partial charge in [-0.15, -0.1) is 5.10 Å². The molecule has 0 radical (unpaired) electrons. The van der Waals surface area contributed by atoms with E-state index in [2.05, 4.69) is 39.9 Å². The molecule has 5 rings (SSSR count). The summed E-state index contributed by atoms with van der Waals surface area (Å²) in [6.45, 7) is -0.418. The number of halogens is 6. The minimum atomic E-state index is -4.95. The van der Waals surface area contributed by atoms with Gasteiger partial charge in [0.15, 0.2) is 0 Å². The molecule has 1 amide bonds. The Morgan fingerprint density at radius 1 is 0.721 bits per heavy atom. The number of alkyl halides is 6. The Kier molecular flexibility index (Phi) is 8.64. The third-order valence-corrected chi connectivity index (χ3v) is 8.87. The normalized spacial score (nSPS) is 12.0. The van der Waals surface area contributed by atoms with Crippen LogP contribution in [0.5, 0.6) is 0 Å². The van der Waals surface area contributed by atoms with Gasteiger partial charge in [-0.2, -0.15) is 26.3 Å². The van der Waals surface area contributed by atoms with E-state index in [1.165, 1.54) is 16.8 Å². The molecular formula is C31H23F6N4OP. The molecule has 12 heteroatoms. The molecular weight excluding hydrogens is 589 g/mol. The van der Waals surface area contributed by atoms with Crippen molar-refractivity contribution in [2.45, 2.75) is 25.4 Å². The van der Waals surface area contributed by atoms with Crippen LogP contribution < -0.4 is 21.2 Å². The van der Waals surface area contributed by atoms with Crippen LogP contribution in [0.2, 0.25) is 0 Å². The quantitative estimate of drug-likeness (QED) is 0.172. The lowest BCUT2D eigenvalue weighted by atomic mass is 10.0. The van der Waals surface area contributed by atoms with Gasteiger partial charge in [0.25, 0.3) is 5.91 Å². The summed E-state index contributed by atoms with van der Waals surface area (Å²) in [6, 6.07) is 28.9. The van der Waals surface area contributed by atoms with E-state index in [9.17, 15) is 31.1 Å². The predicted molar refractivity (Wildman–Crippen MR) is 152 cm³/mol. The van der Waals surface area contributed by atoms with Crippen LogP contribution in [0.3, 0.4) is 0 Å². The van der Waals surface area contributed by atoms with Crippen LogP contribution in [-0.4, -0.2) is 20.9 Å². The van der Waals surface area contributed by atoms with E-state index in [-0.39, 0.29) is 36.3 Å². The molecule has 5 aromatic rings. The highest BCUT2D eigenvalue weighted by Gasteiger charge is 2.37. The molecule has 1 N–H and O–H groups in total. The number of hydrogen-bond donors (Lipinski definition) is 1. The summed E-state index contributed by atoms with van der Waals surface area (Å²) in [4.78, 5) is 12.8. The van der Waals surface area contributed by atoms with Crippen molar-refractivity contribution in [3.8, 4) is 0 Å². The molecule has 1 heterocycles. The number of nitrogens with one attached hydrogen (secondary N) is 1. The van der Waals surface area contributed by atoms with E-state index in [0.29, 0.717) is 17.7 Å². The maximum atomic E-state index is 13.2. The van der Waals surface area contributed by atoms with E-state index < -0.39 is 31.4 Å². The number of amides is 1. The Hall–Kier alpha value is -4.50. The van der Waals surface area contributed by atoms with Gasteiger partial charge in [-0.25, -0.2) is 4.68 Å². The van der Waals surface area contributed by atoms with Crippen molar-refractivity contribution in [1.82, 2.24) is 20.3 Å². The van der Waals surface area contributed by atoms with Gasteiger partial charge in [0.2, 0.25) is 0 Å². The van der Waals surface area contributed by atoms with Crippen molar-refractivity contribution in [1.29, 1.82) is 0 Å². The van der Waals surface area contributed by atoms with Gasteiger partial charge < -0.3 is 5.32 Å². The van der Waals surface area contributed by atoms with Crippen molar-refractivity contribution >= 4 is 29.7 Å². The molecule has 0 atom stereocenters. The molecule has 0 saturated carbocycles. The van der Waals surface area contributed by atoms with Crippen LogP contribution in [0.15, 0.2) is 109 Å². The maximum Gasteiger partial charge on any atom is 0.416 e. The average Bonchev–Trinajstić information content (AvgIpc) is 3.43. The monoisotopic (exact) mass is 612 g/mol. The van der Waals surface area contributed by atoms with Crippen molar-refractivity contribution in [3.05, 3.63) is 137 Å². The molecule has 220 valence electrons. The van der Waals surface area contributed by atoms with E-state index in [0.717, 1.165) is 9.99 Å². The number of nitrogens with zero attached hydrogens (tertiary/aromatic N) is 3. The predicted octanol–water partition coefficient (Wildman–Crippen LogP) is 6.05. The first-order valence-corrected chi connectivity index (χ1v) is 14.3. The number of hydrogen-bond acceptors (Lipinski definition) is 3. The van der Waals surface area contributed by atoms with Gasteiger partial charge in [0.1, 0.15) is 5.69 Å². The molecule has 5 nitrogen and oxygen atoms in total. The Balaban J connectivity index is 1.26. The summed E-state index contributed by atoms with van der Waals surface area (Å²) >= 11 is 0. The second-order valence-electron chi connectivity index (χ2n) is 9.56. The van der Waals surface area contributed by atoms with Crippen molar-refractivity contribution in [2.24, 2.45) is 0 Å². The Bertz CT molecular complexity index is 1620. The van der Waals surface area contributed by atoms with Gasteiger partial charge in [0, 0.05) is 5.56 Å². The summed E-state index contributed by atoms with van der Waals surface area (Å²) in [5, 5.41) is 13.8. The van der Waals surface area contributed by atoms with Crippen LogP contribution >= 0.6 is 7.92 Å². The van der Waals surface area contributed by atoms with E-state index in [4.69, 9.17) is 0 Å². The highest BCUT2D eigenvalue weighted by molar-refractivity contribution is 7.79. The molecule has 0 aliphatic carbocycles. The third-order valence-electron chi connectivity index (χ3n) is 6.42. The number of carbonyl (C=O) groups excluding carboxylic acids is 1. The maximum absolute atomic E-state index is 13.2. The summed E-state index contributed by atoms with van der Waals surface area (Å²) in [5.41, 5.74) is -2.36. The molecule has 0 bridgehead atoms. The molecule has 0 fully saturated rings. The molecule has 0 saturated heterocycles. The lowest BCUT2D eigenvalue weighted by Gasteiger charge is -2.19. The van der Waals surface area contributed by atoms with Crippen LogP contribution in [0.25, 0.3) is 0 Å². The van der Waals surface area contributed by atoms with Gasteiger partial charge >= 0.3 is 12.4 Å². The van der Waals surface area contributed by atoms with E-state index in [1.807, 2.05) is 48.5 Å². The zero-order chi connectivity index (χ0) is 30.6. The van der Waals surface area contributed by atoms with Crippen LogP contribution in [-0.2, 0) is 25.4 Å². The number of rotatable bonds is 8. The zero-order valence-electron chi connectivity index (χ0n) is 22.3. The third kappa shape index (κ3) is 7.48. The smallest absolute Gasteiger partial charge is 0.346 e. The number of aromatic nitrogens is 3. The molecule has 0 aliphatic rings. The number of benzene rings is 4. The van der Waals surface area contributed by atoms with Gasteiger partial charge in [-0.1, -0.05) is 78.0 Å². The summed E-state index contributed by atoms with van der Waals surface area (Å²) in [6.07, 6.45) is -8.54. The zero-order valence-corrected chi connectivity index (χ0v) is 23.2. The van der Waals surface area contributed by atoms with Crippen LogP contribution in [0.4, 0.5) is 26.3 Å². The first-order valence-electron chi connectivity index (χ1n) is 12.9. The molecule has 43 heavy (non-hydrogen) atoms. The van der Waals surface area contributed by atoms with E-state index >= 15 is 0 Å². The summed E-state index contributed by atoms with van der Waals surface area (Å²) < 4.78 is 80.1. The second kappa shape index (κ2) is 12.4. The lowest BCUT2D eigenvalue weighted by molar-refractivity contribution is -0.143. The number of carbonyl (C=O) groups is 1. The second-order valence-corrected chi connectivity index (χ2v) is 11.8. The topological polar surface area (TPSA) is 59.8 Å². The van der Waals surface area contributed by atoms with Crippen molar-refractivity contribution in [3.63, 3.8) is 0 Å². The van der Waals surface area contributed by atoms with Gasteiger partial charge in [0.05, 0.1) is 30.4 Å². The Morgan fingerprint density at radius 2 is 1.23 bits per heavy atom. The molecule has 0 spiro atoms. The highest BCUT2D eigenvalue weighted by Crippen LogP contribution is 2.36.